The van der Waals surface area contributed by atoms with Crippen LogP contribution in [0.1, 0.15) is 35.1 Å². The molecule has 1 aliphatic heterocycles. The molecule has 1 aromatic heterocycles. The molecule has 1 atom stereocenters. The molecule has 1 fully saturated rings. The van der Waals surface area contributed by atoms with E-state index in [4.69, 9.17) is 9.72 Å². The second kappa shape index (κ2) is 7.18. The molecule has 2 aromatic rings. The SMILES string of the molecule is COc1ccc(N2CCN(c3nc(C)c4c(n3)C[C@@H](C)CC4=O)CC2)cc1. The molecule has 142 valence electrons. The Labute approximate surface area is 160 Å². The number of carbonyl (C=O) groups excluding carboxylic acids is 1. The van der Waals surface area contributed by atoms with Gasteiger partial charge in [0.2, 0.25) is 5.95 Å². The highest BCUT2D eigenvalue weighted by atomic mass is 16.5. The van der Waals surface area contributed by atoms with Crippen molar-refractivity contribution in [1.82, 2.24) is 9.97 Å². The Morgan fingerprint density at radius 3 is 2.33 bits per heavy atom. The molecule has 0 radical (unpaired) electrons. The molecule has 0 spiro atoms. The standard InChI is InChI=1S/C21H26N4O2/c1-14-12-18-20(19(26)13-14)15(2)22-21(23-18)25-10-8-24(9-11-25)16-4-6-17(27-3)7-5-16/h4-7,14H,8-13H2,1-3H3/t14-/m1/s1. The second-order valence-corrected chi connectivity index (χ2v) is 7.54. The van der Waals surface area contributed by atoms with Crippen molar-refractivity contribution in [2.24, 2.45) is 5.92 Å². The molecule has 1 aliphatic carbocycles. The second-order valence-electron chi connectivity index (χ2n) is 7.54. The molecule has 2 aliphatic rings. The number of fused-ring (bicyclic) bond motifs is 1. The molecule has 6 heteroatoms. The number of hydrogen-bond acceptors (Lipinski definition) is 6. The summed E-state index contributed by atoms with van der Waals surface area (Å²) in [5.41, 5.74) is 3.72. The van der Waals surface area contributed by atoms with Gasteiger partial charge in [-0.1, -0.05) is 6.92 Å². The lowest BCUT2D eigenvalue weighted by Gasteiger charge is -2.36. The maximum atomic E-state index is 12.3. The Morgan fingerprint density at radius 1 is 1.00 bits per heavy atom. The lowest BCUT2D eigenvalue weighted by atomic mass is 9.86. The zero-order valence-electron chi connectivity index (χ0n) is 16.2. The summed E-state index contributed by atoms with van der Waals surface area (Å²) in [6.07, 6.45) is 1.47. The van der Waals surface area contributed by atoms with Crippen molar-refractivity contribution in [2.75, 3.05) is 43.1 Å². The number of hydrogen-bond donors (Lipinski definition) is 0. The van der Waals surface area contributed by atoms with Crippen LogP contribution in [0.3, 0.4) is 0 Å². The predicted octanol–water partition coefficient (Wildman–Crippen LogP) is 2.89. The Bertz CT molecular complexity index is 842. The Morgan fingerprint density at radius 2 is 1.67 bits per heavy atom. The third kappa shape index (κ3) is 3.48. The number of benzene rings is 1. The average molecular weight is 366 g/mol. The van der Waals surface area contributed by atoms with Gasteiger partial charge in [0.25, 0.3) is 0 Å². The number of nitrogens with zero attached hydrogens (tertiary/aromatic N) is 4. The monoisotopic (exact) mass is 366 g/mol. The molecular formula is C21H26N4O2. The highest BCUT2D eigenvalue weighted by Gasteiger charge is 2.28. The quantitative estimate of drug-likeness (QED) is 0.833. The number of anilines is 2. The van der Waals surface area contributed by atoms with Gasteiger partial charge in [0.15, 0.2) is 5.78 Å². The molecule has 0 amide bonds. The van der Waals surface area contributed by atoms with Crippen LogP contribution >= 0.6 is 0 Å². The fourth-order valence-electron chi connectivity index (χ4n) is 4.05. The minimum Gasteiger partial charge on any atom is -0.497 e. The summed E-state index contributed by atoms with van der Waals surface area (Å²) in [4.78, 5) is 26.4. The third-order valence-corrected chi connectivity index (χ3v) is 5.51. The normalized spacial score (nSPS) is 19.8. The predicted molar refractivity (Wildman–Crippen MR) is 106 cm³/mol. The van der Waals surface area contributed by atoms with E-state index in [2.05, 4.69) is 33.8 Å². The Kier molecular flexibility index (Phi) is 4.72. The van der Waals surface area contributed by atoms with E-state index in [-0.39, 0.29) is 5.78 Å². The van der Waals surface area contributed by atoms with E-state index in [0.717, 1.165) is 61.2 Å². The number of ether oxygens (including phenoxy) is 1. The number of rotatable bonds is 3. The van der Waals surface area contributed by atoms with E-state index in [1.807, 2.05) is 19.1 Å². The summed E-state index contributed by atoms with van der Waals surface area (Å²) in [6.45, 7) is 7.63. The van der Waals surface area contributed by atoms with Crippen molar-refractivity contribution in [3.8, 4) is 5.75 Å². The molecule has 2 heterocycles. The Hall–Kier alpha value is -2.63. The van der Waals surface area contributed by atoms with Crippen LogP contribution < -0.4 is 14.5 Å². The zero-order valence-corrected chi connectivity index (χ0v) is 16.2. The van der Waals surface area contributed by atoms with Gasteiger partial charge in [-0.3, -0.25) is 4.79 Å². The van der Waals surface area contributed by atoms with Crippen molar-refractivity contribution in [3.05, 3.63) is 41.2 Å². The van der Waals surface area contributed by atoms with Crippen molar-refractivity contribution in [3.63, 3.8) is 0 Å². The van der Waals surface area contributed by atoms with Crippen molar-refractivity contribution >= 4 is 17.4 Å². The third-order valence-electron chi connectivity index (χ3n) is 5.51. The molecule has 27 heavy (non-hydrogen) atoms. The molecule has 0 unspecified atom stereocenters. The van der Waals surface area contributed by atoms with Gasteiger partial charge >= 0.3 is 0 Å². The van der Waals surface area contributed by atoms with Crippen LogP contribution in [0.15, 0.2) is 24.3 Å². The summed E-state index contributed by atoms with van der Waals surface area (Å²) in [6, 6.07) is 8.19. The van der Waals surface area contributed by atoms with E-state index in [0.29, 0.717) is 12.3 Å². The van der Waals surface area contributed by atoms with Gasteiger partial charge in [0.05, 0.1) is 24.1 Å². The molecule has 1 saturated heterocycles. The highest BCUT2D eigenvalue weighted by molar-refractivity contribution is 5.99. The molecule has 4 rings (SSSR count). The first kappa shape index (κ1) is 17.8. The summed E-state index contributed by atoms with van der Waals surface area (Å²) >= 11 is 0. The Balaban J connectivity index is 1.49. The average Bonchev–Trinajstić information content (AvgIpc) is 2.67. The molecular weight excluding hydrogens is 340 g/mol. The molecule has 0 saturated carbocycles. The number of aryl methyl sites for hydroxylation is 1. The van der Waals surface area contributed by atoms with Crippen molar-refractivity contribution < 1.29 is 9.53 Å². The zero-order chi connectivity index (χ0) is 19.0. The van der Waals surface area contributed by atoms with Crippen LogP contribution in [0.4, 0.5) is 11.6 Å². The van der Waals surface area contributed by atoms with Crippen LogP contribution in [-0.4, -0.2) is 49.0 Å². The van der Waals surface area contributed by atoms with Gasteiger partial charge in [0, 0.05) is 38.3 Å². The lowest BCUT2D eigenvalue weighted by molar-refractivity contribution is 0.0951. The van der Waals surface area contributed by atoms with E-state index in [1.54, 1.807) is 7.11 Å². The highest BCUT2D eigenvalue weighted by Crippen LogP contribution is 2.28. The van der Waals surface area contributed by atoms with Crippen LogP contribution in [0, 0.1) is 12.8 Å². The number of Topliss-reactive ketones (excluding diaryl/α,β-unsaturated/α-hetero) is 1. The molecule has 0 N–H and O–H groups in total. The van der Waals surface area contributed by atoms with E-state index in [1.165, 1.54) is 5.69 Å². The summed E-state index contributed by atoms with van der Waals surface area (Å²) < 4.78 is 5.24. The lowest BCUT2D eigenvalue weighted by Crippen LogP contribution is -2.47. The topological polar surface area (TPSA) is 58.6 Å². The van der Waals surface area contributed by atoms with Gasteiger partial charge in [-0.2, -0.15) is 0 Å². The fourth-order valence-corrected chi connectivity index (χ4v) is 4.05. The van der Waals surface area contributed by atoms with Crippen LogP contribution in [0.25, 0.3) is 0 Å². The minimum absolute atomic E-state index is 0.192. The van der Waals surface area contributed by atoms with Crippen LogP contribution in [0.5, 0.6) is 5.75 Å². The van der Waals surface area contributed by atoms with Gasteiger partial charge < -0.3 is 14.5 Å². The number of aromatic nitrogens is 2. The first-order chi connectivity index (χ1) is 13.0. The van der Waals surface area contributed by atoms with E-state index >= 15 is 0 Å². The smallest absolute Gasteiger partial charge is 0.225 e. The minimum atomic E-state index is 0.192. The largest absolute Gasteiger partial charge is 0.497 e. The van der Waals surface area contributed by atoms with Gasteiger partial charge in [-0.15, -0.1) is 0 Å². The van der Waals surface area contributed by atoms with Crippen molar-refractivity contribution in [2.45, 2.75) is 26.7 Å². The van der Waals surface area contributed by atoms with Crippen molar-refractivity contribution in [1.29, 1.82) is 0 Å². The van der Waals surface area contributed by atoms with Crippen LogP contribution in [0.2, 0.25) is 0 Å². The molecule has 0 bridgehead atoms. The summed E-state index contributed by atoms with van der Waals surface area (Å²) in [5, 5.41) is 0. The maximum absolute atomic E-state index is 12.3. The number of carbonyl (C=O) groups is 1. The van der Waals surface area contributed by atoms with E-state index < -0.39 is 0 Å². The van der Waals surface area contributed by atoms with Gasteiger partial charge in [-0.25, -0.2) is 9.97 Å². The van der Waals surface area contributed by atoms with Gasteiger partial charge in [-0.05, 0) is 43.5 Å². The molecule has 6 nitrogen and oxygen atoms in total. The maximum Gasteiger partial charge on any atom is 0.225 e. The van der Waals surface area contributed by atoms with Crippen LogP contribution in [-0.2, 0) is 6.42 Å². The summed E-state index contributed by atoms with van der Waals surface area (Å²) in [5.74, 6) is 2.19. The first-order valence-electron chi connectivity index (χ1n) is 9.60. The van der Waals surface area contributed by atoms with E-state index in [9.17, 15) is 4.79 Å². The number of methoxy groups -OCH3 is 1. The summed E-state index contributed by atoms with van der Waals surface area (Å²) in [7, 11) is 1.68. The van der Waals surface area contributed by atoms with Gasteiger partial charge in [0.1, 0.15) is 5.75 Å². The first-order valence-corrected chi connectivity index (χ1v) is 9.60. The fraction of sp³-hybridized carbons (Fsp3) is 0.476. The molecule has 1 aromatic carbocycles. The number of ketones is 1. The number of piperazine rings is 1.